The van der Waals surface area contributed by atoms with E-state index in [1.165, 1.54) is 19.9 Å². The van der Waals surface area contributed by atoms with Crippen LogP contribution in [0.2, 0.25) is 0 Å². The lowest BCUT2D eigenvalue weighted by molar-refractivity contribution is -0.132. The van der Waals surface area contributed by atoms with Gasteiger partial charge in [-0.3, -0.25) is 9.59 Å². The number of carbonyl (C=O) groups is 1. The zero-order valence-electron chi connectivity index (χ0n) is 18.8. The van der Waals surface area contributed by atoms with Crippen molar-refractivity contribution in [2.45, 2.75) is 26.7 Å². The Labute approximate surface area is 192 Å². The van der Waals surface area contributed by atoms with Crippen molar-refractivity contribution in [1.29, 1.82) is 0 Å². The first kappa shape index (κ1) is 23.3. The SMILES string of the molecule is Cc1sc2nc(CCC(=O)N3CCN(S(=O)(=O)N4CCN(C)CC4)CC3)[nH]c(=O)c2c1C. The number of nitrogens with zero attached hydrogens (tertiary/aromatic N) is 5. The minimum absolute atomic E-state index is 0.0528. The summed E-state index contributed by atoms with van der Waals surface area (Å²) in [5, 5.41) is 0.625. The fourth-order valence-electron chi connectivity index (χ4n) is 4.15. The van der Waals surface area contributed by atoms with Crippen LogP contribution in [0.25, 0.3) is 10.2 Å². The Morgan fingerprint density at radius 1 is 1.03 bits per heavy atom. The van der Waals surface area contributed by atoms with Gasteiger partial charge in [-0.15, -0.1) is 11.3 Å². The molecule has 0 atom stereocenters. The topological polar surface area (TPSA) is 110 Å². The minimum Gasteiger partial charge on any atom is -0.340 e. The van der Waals surface area contributed by atoms with Gasteiger partial charge >= 0.3 is 0 Å². The summed E-state index contributed by atoms with van der Waals surface area (Å²) in [6.45, 7) is 7.68. The van der Waals surface area contributed by atoms with E-state index in [1.807, 2.05) is 20.9 Å². The third kappa shape index (κ3) is 4.60. The largest absolute Gasteiger partial charge is 0.340 e. The highest BCUT2D eigenvalue weighted by Crippen LogP contribution is 2.25. The summed E-state index contributed by atoms with van der Waals surface area (Å²) < 4.78 is 28.8. The molecule has 2 aromatic rings. The Hall–Kier alpha value is -1.86. The first-order valence-electron chi connectivity index (χ1n) is 10.9. The lowest BCUT2D eigenvalue weighted by Gasteiger charge is -2.39. The van der Waals surface area contributed by atoms with E-state index in [0.717, 1.165) is 23.5 Å². The number of carbonyl (C=O) groups excluding carboxylic acids is 1. The van der Waals surface area contributed by atoms with Crippen molar-refractivity contribution >= 4 is 37.7 Å². The first-order chi connectivity index (χ1) is 15.2. The number of H-pyrrole nitrogens is 1. The van der Waals surface area contributed by atoms with Gasteiger partial charge in [0.05, 0.1) is 5.39 Å². The number of likely N-dealkylation sites (N-methyl/N-ethyl adjacent to an activating group) is 1. The van der Waals surface area contributed by atoms with E-state index >= 15 is 0 Å². The molecule has 32 heavy (non-hydrogen) atoms. The van der Waals surface area contributed by atoms with E-state index in [-0.39, 0.29) is 17.9 Å². The lowest BCUT2D eigenvalue weighted by Crippen LogP contribution is -2.57. The van der Waals surface area contributed by atoms with Crippen molar-refractivity contribution in [3.8, 4) is 0 Å². The van der Waals surface area contributed by atoms with E-state index in [0.29, 0.717) is 61.7 Å². The molecule has 10 nitrogen and oxygen atoms in total. The molecule has 176 valence electrons. The van der Waals surface area contributed by atoms with Crippen molar-refractivity contribution in [2.24, 2.45) is 0 Å². The molecule has 4 heterocycles. The monoisotopic (exact) mass is 482 g/mol. The number of thiophene rings is 1. The number of hydrogen-bond donors (Lipinski definition) is 1. The Kier molecular flexibility index (Phi) is 6.68. The molecule has 0 unspecified atom stereocenters. The maximum Gasteiger partial charge on any atom is 0.282 e. The molecule has 4 rings (SSSR count). The average Bonchev–Trinajstić information content (AvgIpc) is 3.06. The van der Waals surface area contributed by atoms with Crippen LogP contribution in [-0.2, 0) is 21.4 Å². The van der Waals surface area contributed by atoms with Crippen LogP contribution in [0.4, 0.5) is 0 Å². The third-order valence-electron chi connectivity index (χ3n) is 6.37. The Morgan fingerprint density at radius 3 is 2.25 bits per heavy atom. The van der Waals surface area contributed by atoms with Gasteiger partial charge in [-0.1, -0.05) is 0 Å². The fraction of sp³-hybridized carbons (Fsp3) is 0.650. The van der Waals surface area contributed by atoms with Gasteiger partial charge in [-0.25, -0.2) is 4.98 Å². The van der Waals surface area contributed by atoms with E-state index in [1.54, 1.807) is 4.90 Å². The van der Waals surface area contributed by atoms with Crippen molar-refractivity contribution < 1.29 is 13.2 Å². The Bertz CT molecular complexity index is 1160. The molecule has 2 aromatic heterocycles. The quantitative estimate of drug-likeness (QED) is 0.651. The molecule has 0 radical (unpaired) electrons. The number of aromatic nitrogens is 2. The fourth-order valence-corrected chi connectivity index (χ4v) is 6.78. The van der Waals surface area contributed by atoms with Crippen LogP contribution in [0.1, 0.15) is 22.7 Å². The van der Waals surface area contributed by atoms with Crippen LogP contribution in [0.5, 0.6) is 0 Å². The molecule has 0 spiro atoms. The first-order valence-corrected chi connectivity index (χ1v) is 13.1. The lowest BCUT2D eigenvalue weighted by atomic mass is 10.2. The maximum absolute atomic E-state index is 12.9. The molecule has 0 aliphatic carbocycles. The summed E-state index contributed by atoms with van der Waals surface area (Å²) in [6.07, 6.45) is 0.572. The van der Waals surface area contributed by atoms with Crippen molar-refractivity contribution in [3.63, 3.8) is 0 Å². The highest BCUT2D eigenvalue weighted by Gasteiger charge is 2.34. The summed E-state index contributed by atoms with van der Waals surface area (Å²) in [4.78, 5) is 38.0. The normalized spacial score (nSPS) is 19.7. The molecule has 2 aliphatic rings. The second-order valence-electron chi connectivity index (χ2n) is 8.47. The molecule has 2 saturated heterocycles. The molecule has 1 amide bonds. The number of rotatable bonds is 5. The number of nitrogens with one attached hydrogen (secondary N) is 1. The smallest absolute Gasteiger partial charge is 0.282 e. The van der Waals surface area contributed by atoms with Crippen LogP contribution >= 0.6 is 11.3 Å². The molecule has 0 aromatic carbocycles. The summed E-state index contributed by atoms with van der Waals surface area (Å²) in [7, 11) is -1.50. The van der Waals surface area contributed by atoms with E-state index < -0.39 is 10.2 Å². The highest BCUT2D eigenvalue weighted by atomic mass is 32.2. The van der Waals surface area contributed by atoms with Gasteiger partial charge in [0.1, 0.15) is 10.7 Å². The standard InChI is InChI=1S/C20H30N6O4S2/c1-14-15(2)31-20-18(14)19(28)21-16(22-20)4-5-17(27)24-8-12-26(13-9-24)32(29,30)25-10-6-23(3)7-11-25/h4-13H2,1-3H3,(H,21,22,28). The Balaban J connectivity index is 1.32. The van der Waals surface area contributed by atoms with Crippen molar-refractivity contribution in [2.75, 3.05) is 59.4 Å². The molecular formula is C20H30N6O4S2. The number of aryl methyl sites for hydroxylation is 3. The molecule has 12 heteroatoms. The number of fused-ring (bicyclic) bond motifs is 1. The molecular weight excluding hydrogens is 452 g/mol. The van der Waals surface area contributed by atoms with Gasteiger partial charge < -0.3 is 14.8 Å². The van der Waals surface area contributed by atoms with Gasteiger partial charge in [0.2, 0.25) is 5.91 Å². The predicted molar refractivity (Wildman–Crippen MR) is 124 cm³/mol. The van der Waals surface area contributed by atoms with Crippen LogP contribution in [-0.4, -0.2) is 102 Å². The molecule has 0 bridgehead atoms. The second kappa shape index (κ2) is 9.18. The van der Waals surface area contributed by atoms with Gasteiger partial charge in [-0.05, 0) is 26.5 Å². The van der Waals surface area contributed by atoms with Crippen molar-refractivity contribution in [3.05, 3.63) is 26.6 Å². The van der Waals surface area contributed by atoms with Gasteiger partial charge in [0.15, 0.2) is 0 Å². The summed E-state index contributed by atoms with van der Waals surface area (Å²) in [5.41, 5.74) is 0.785. The van der Waals surface area contributed by atoms with Crippen LogP contribution in [0, 0.1) is 13.8 Å². The molecule has 1 N–H and O–H groups in total. The molecule has 2 aliphatic heterocycles. The number of amides is 1. The highest BCUT2D eigenvalue weighted by molar-refractivity contribution is 7.86. The van der Waals surface area contributed by atoms with Crippen LogP contribution in [0.3, 0.4) is 0 Å². The van der Waals surface area contributed by atoms with Crippen molar-refractivity contribution in [1.82, 2.24) is 28.4 Å². The van der Waals surface area contributed by atoms with Crippen LogP contribution < -0.4 is 5.56 Å². The number of piperazine rings is 2. The zero-order valence-corrected chi connectivity index (χ0v) is 20.4. The van der Waals surface area contributed by atoms with Gasteiger partial charge in [-0.2, -0.15) is 17.0 Å². The predicted octanol–water partition coefficient (Wildman–Crippen LogP) is 0.170. The summed E-state index contributed by atoms with van der Waals surface area (Å²) >= 11 is 1.49. The van der Waals surface area contributed by atoms with Gasteiger partial charge in [0, 0.05) is 70.1 Å². The summed E-state index contributed by atoms with van der Waals surface area (Å²) in [5.74, 6) is 0.455. The number of aromatic amines is 1. The molecule has 2 fully saturated rings. The third-order valence-corrected chi connectivity index (χ3v) is 9.51. The Morgan fingerprint density at radius 2 is 1.62 bits per heavy atom. The van der Waals surface area contributed by atoms with Crippen LogP contribution in [0.15, 0.2) is 4.79 Å². The van der Waals surface area contributed by atoms with Gasteiger partial charge in [0.25, 0.3) is 15.8 Å². The minimum atomic E-state index is -3.49. The average molecular weight is 483 g/mol. The van der Waals surface area contributed by atoms with E-state index in [2.05, 4.69) is 14.9 Å². The number of hydrogen-bond acceptors (Lipinski definition) is 7. The molecule has 0 saturated carbocycles. The zero-order chi connectivity index (χ0) is 23.0. The summed E-state index contributed by atoms with van der Waals surface area (Å²) in [6, 6.07) is 0. The second-order valence-corrected chi connectivity index (χ2v) is 11.6. The maximum atomic E-state index is 12.9. The van der Waals surface area contributed by atoms with E-state index in [4.69, 9.17) is 0 Å². The van der Waals surface area contributed by atoms with E-state index in [9.17, 15) is 18.0 Å².